The number of fused-ring (bicyclic) bond motifs is 1. The number of carbonyl (C=O) groups excluding carboxylic acids is 2. The van der Waals surface area contributed by atoms with E-state index >= 15 is 0 Å². The summed E-state index contributed by atoms with van der Waals surface area (Å²) in [5.41, 5.74) is 1.89. The lowest BCUT2D eigenvalue weighted by Crippen LogP contribution is -2.54. The summed E-state index contributed by atoms with van der Waals surface area (Å²) in [4.78, 5) is 29.5. The van der Waals surface area contributed by atoms with Crippen molar-refractivity contribution in [1.29, 1.82) is 0 Å². The van der Waals surface area contributed by atoms with Crippen molar-refractivity contribution >= 4 is 39.1 Å². The standard InChI is InChI=1S/C32H38ClN3O6S/c1-4-23(3)34-32(38)28(19-24-9-7-6-8-10-24)35(21-25-11-13-26(33)14-12-25)31(37)22-36(43(39,40)5-2)27-15-16-29-30(20-27)42-18-17-41-29/h6-16,20,23,28H,4-5,17-19,21-22H2,1-3H3,(H,34,38). The van der Waals surface area contributed by atoms with Gasteiger partial charge in [0.1, 0.15) is 25.8 Å². The number of anilines is 1. The van der Waals surface area contributed by atoms with Crippen LogP contribution in [0.25, 0.3) is 0 Å². The first-order valence-electron chi connectivity index (χ1n) is 14.4. The molecule has 0 spiro atoms. The van der Waals surface area contributed by atoms with Crippen LogP contribution < -0.4 is 19.1 Å². The van der Waals surface area contributed by atoms with E-state index in [4.69, 9.17) is 21.1 Å². The van der Waals surface area contributed by atoms with Crippen LogP contribution in [0, 0.1) is 0 Å². The Bertz CT molecular complexity index is 1500. The van der Waals surface area contributed by atoms with Crippen molar-refractivity contribution in [2.75, 3.05) is 29.8 Å². The highest BCUT2D eigenvalue weighted by atomic mass is 35.5. The lowest BCUT2D eigenvalue weighted by Gasteiger charge is -2.34. The fraction of sp³-hybridized carbons (Fsp3) is 0.375. The monoisotopic (exact) mass is 627 g/mol. The number of nitrogens with zero attached hydrogens (tertiary/aromatic N) is 2. The van der Waals surface area contributed by atoms with Crippen LogP contribution in [0.1, 0.15) is 38.3 Å². The molecule has 2 unspecified atom stereocenters. The Hall–Kier alpha value is -3.76. The minimum atomic E-state index is -3.90. The molecule has 3 aromatic carbocycles. The van der Waals surface area contributed by atoms with Gasteiger partial charge in [-0.15, -0.1) is 0 Å². The minimum Gasteiger partial charge on any atom is -0.486 e. The van der Waals surface area contributed by atoms with E-state index in [2.05, 4.69) is 5.32 Å². The first-order chi connectivity index (χ1) is 20.6. The summed E-state index contributed by atoms with van der Waals surface area (Å²) in [5.74, 6) is -0.162. The molecule has 1 aliphatic rings. The van der Waals surface area contributed by atoms with E-state index in [1.165, 1.54) is 11.8 Å². The zero-order valence-corrected chi connectivity index (χ0v) is 26.2. The molecule has 0 aromatic heterocycles. The first-order valence-corrected chi connectivity index (χ1v) is 16.4. The summed E-state index contributed by atoms with van der Waals surface area (Å²) in [5, 5.41) is 3.56. The second kappa shape index (κ2) is 14.6. The number of sulfonamides is 1. The summed E-state index contributed by atoms with van der Waals surface area (Å²) in [6.07, 6.45) is 0.953. The second-order valence-corrected chi connectivity index (χ2v) is 13.0. The highest BCUT2D eigenvalue weighted by molar-refractivity contribution is 7.92. The number of benzene rings is 3. The Balaban J connectivity index is 1.75. The molecule has 1 N–H and O–H groups in total. The highest BCUT2D eigenvalue weighted by Gasteiger charge is 2.34. The maximum atomic E-state index is 14.3. The maximum Gasteiger partial charge on any atom is 0.244 e. The number of halogens is 1. The Morgan fingerprint density at radius 2 is 1.60 bits per heavy atom. The molecule has 230 valence electrons. The van der Waals surface area contributed by atoms with Crippen LogP contribution in [-0.2, 0) is 32.6 Å². The van der Waals surface area contributed by atoms with Crippen LogP contribution >= 0.6 is 11.6 Å². The van der Waals surface area contributed by atoms with Crippen LogP contribution in [0.3, 0.4) is 0 Å². The zero-order valence-electron chi connectivity index (χ0n) is 24.7. The molecule has 3 aromatic rings. The van der Waals surface area contributed by atoms with E-state index in [0.29, 0.717) is 36.2 Å². The van der Waals surface area contributed by atoms with Crippen LogP contribution in [0.5, 0.6) is 11.5 Å². The molecular weight excluding hydrogens is 590 g/mol. The second-order valence-electron chi connectivity index (χ2n) is 10.4. The fourth-order valence-corrected chi connectivity index (χ4v) is 5.87. The summed E-state index contributed by atoms with van der Waals surface area (Å²) >= 11 is 6.12. The number of carbonyl (C=O) groups is 2. The average molecular weight is 628 g/mol. The third-order valence-electron chi connectivity index (χ3n) is 7.33. The predicted molar refractivity (Wildman–Crippen MR) is 168 cm³/mol. The Kier molecular flexibility index (Phi) is 10.9. The minimum absolute atomic E-state index is 0.0720. The van der Waals surface area contributed by atoms with Gasteiger partial charge in [-0.05, 0) is 55.7 Å². The van der Waals surface area contributed by atoms with Crippen molar-refractivity contribution in [3.05, 3.63) is 88.9 Å². The quantitative estimate of drug-likeness (QED) is 0.291. The molecule has 43 heavy (non-hydrogen) atoms. The Morgan fingerprint density at radius 3 is 2.26 bits per heavy atom. The van der Waals surface area contributed by atoms with E-state index in [0.717, 1.165) is 15.4 Å². The first kappa shape index (κ1) is 32.2. The van der Waals surface area contributed by atoms with Crippen LogP contribution in [-0.4, -0.2) is 62.7 Å². The molecule has 0 bridgehead atoms. The smallest absolute Gasteiger partial charge is 0.244 e. The number of nitrogens with one attached hydrogen (secondary N) is 1. The molecule has 1 heterocycles. The summed E-state index contributed by atoms with van der Waals surface area (Å²) in [7, 11) is -3.90. The number of hydrogen-bond donors (Lipinski definition) is 1. The average Bonchev–Trinajstić information content (AvgIpc) is 3.02. The van der Waals surface area contributed by atoms with Crippen molar-refractivity contribution in [2.24, 2.45) is 0 Å². The van der Waals surface area contributed by atoms with E-state index in [9.17, 15) is 18.0 Å². The van der Waals surface area contributed by atoms with Gasteiger partial charge in [0.15, 0.2) is 11.5 Å². The molecule has 0 radical (unpaired) electrons. The van der Waals surface area contributed by atoms with Crippen molar-refractivity contribution < 1.29 is 27.5 Å². The van der Waals surface area contributed by atoms with Crippen LogP contribution in [0.4, 0.5) is 5.69 Å². The molecule has 1 aliphatic heterocycles. The van der Waals surface area contributed by atoms with E-state index in [1.807, 2.05) is 44.2 Å². The van der Waals surface area contributed by atoms with Gasteiger partial charge in [0.05, 0.1) is 11.4 Å². The highest BCUT2D eigenvalue weighted by Crippen LogP contribution is 2.35. The number of rotatable bonds is 13. The largest absolute Gasteiger partial charge is 0.486 e. The van der Waals surface area contributed by atoms with Crippen molar-refractivity contribution in [3.63, 3.8) is 0 Å². The van der Waals surface area contributed by atoms with Crippen LogP contribution in [0.2, 0.25) is 5.02 Å². The third kappa shape index (κ3) is 8.42. The number of hydrogen-bond acceptors (Lipinski definition) is 6. The molecule has 2 atom stereocenters. The fourth-order valence-electron chi connectivity index (χ4n) is 4.69. The van der Waals surface area contributed by atoms with Gasteiger partial charge in [-0.3, -0.25) is 13.9 Å². The number of amides is 2. The van der Waals surface area contributed by atoms with Gasteiger partial charge in [-0.25, -0.2) is 8.42 Å². The van der Waals surface area contributed by atoms with Crippen molar-refractivity contribution in [3.8, 4) is 11.5 Å². The molecule has 9 nitrogen and oxygen atoms in total. The Morgan fingerprint density at radius 1 is 0.930 bits per heavy atom. The lowest BCUT2D eigenvalue weighted by molar-refractivity contribution is -0.140. The predicted octanol–water partition coefficient (Wildman–Crippen LogP) is 4.82. The van der Waals surface area contributed by atoms with E-state index in [-0.39, 0.29) is 36.4 Å². The third-order valence-corrected chi connectivity index (χ3v) is 9.32. The number of ether oxygens (including phenoxy) is 2. The summed E-state index contributed by atoms with van der Waals surface area (Å²) in [6, 6.07) is 20.2. The van der Waals surface area contributed by atoms with Gasteiger partial charge in [0.2, 0.25) is 21.8 Å². The van der Waals surface area contributed by atoms with Crippen molar-refractivity contribution in [2.45, 2.75) is 52.2 Å². The molecule has 0 aliphatic carbocycles. The molecule has 0 saturated carbocycles. The maximum absolute atomic E-state index is 14.3. The van der Waals surface area contributed by atoms with Gasteiger partial charge in [-0.2, -0.15) is 0 Å². The molecule has 4 rings (SSSR count). The van der Waals surface area contributed by atoms with Crippen molar-refractivity contribution in [1.82, 2.24) is 10.2 Å². The van der Waals surface area contributed by atoms with Gasteiger partial charge in [-0.1, -0.05) is 61.0 Å². The van der Waals surface area contributed by atoms with Gasteiger partial charge in [0.25, 0.3) is 0 Å². The SMILES string of the molecule is CCC(C)NC(=O)C(Cc1ccccc1)N(Cc1ccc(Cl)cc1)C(=O)CN(c1ccc2c(c1)OCCO2)S(=O)(=O)CC. The van der Waals surface area contributed by atoms with E-state index in [1.54, 1.807) is 42.5 Å². The molecule has 11 heteroatoms. The zero-order chi connectivity index (χ0) is 31.0. The van der Waals surface area contributed by atoms with Gasteiger partial charge < -0.3 is 19.7 Å². The molecule has 2 amide bonds. The van der Waals surface area contributed by atoms with Gasteiger partial charge in [0, 0.05) is 30.1 Å². The molecule has 0 fully saturated rings. The summed E-state index contributed by atoms with van der Waals surface area (Å²) < 4.78 is 39.1. The normalized spacial score (nSPS) is 14.0. The lowest BCUT2D eigenvalue weighted by atomic mass is 10.0. The van der Waals surface area contributed by atoms with E-state index < -0.39 is 28.5 Å². The van der Waals surface area contributed by atoms with Gasteiger partial charge >= 0.3 is 0 Å². The Labute approximate surface area is 258 Å². The topological polar surface area (TPSA) is 105 Å². The molecular formula is C32H38ClN3O6S. The molecule has 0 saturated heterocycles. The summed E-state index contributed by atoms with van der Waals surface area (Å²) in [6.45, 7) is 5.68. The van der Waals surface area contributed by atoms with Crippen LogP contribution in [0.15, 0.2) is 72.8 Å².